The average molecular weight is 331 g/mol. The third-order valence-corrected chi connectivity index (χ3v) is 4.43. The second kappa shape index (κ2) is 6.75. The molecule has 0 radical (unpaired) electrons. The van der Waals surface area contributed by atoms with Crippen LogP contribution >= 0.6 is 12.4 Å². The minimum absolute atomic E-state index is 0. The van der Waals surface area contributed by atoms with Gasteiger partial charge in [-0.2, -0.15) is 0 Å². The predicted molar refractivity (Wildman–Crippen MR) is 98.1 cm³/mol. The van der Waals surface area contributed by atoms with Gasteiger partial charge in [0.25, 0.3) is 0 Å². The van der Waals surface area contributed by atoms with Gasteiger partial charge in [-0.15, -0.1) is 12.4 Å². The Hall–Kier alpha value is -1.81. The van der Waals surface area contributed by atoms with Crippen molar-refractivity contribution in [3.05, 3.63) is 72.4 Å². The van der Waals surface area contributed by atoms with E-state index in [1.54, 1.807) is 0 Å². The number of hydrogen-bond acceptors (Lipinski definition) is 2. The molecule has 0 aliphatic carbocycles. The van der Waals surface area contributed by atoms with E-state index in [2.05, 4.69) is 46.0 Å². The van der Waals surface area contributed by atoms with Crippen molar-refractivity contribution in [2.75, 3.05) is 14.1 Å². The zero-order chi connectivity index (χ0) is 15.7. The molecule has 2 aromatic carbocycles. The molecule has 0 saturated carbocycles. The number of rotatable bonds is 4. The first-order valence-electron chi connectivity index (χ1n) is 7.56. The number of nitrogens with zero attached hydrogens (tertiary/aromatic N) is 2. The number of benzene rings is 2. The molecule has 0 aliphatic rings. The van der Waals surface area contributed by atoms with Gasteiger partial charge in [-0.1, -0.05) is 48.5 Å². The Labute approximate surface area is 143 Å². The predicted octanol–water partition coefficient (Wildman–Crippen LogP) is 3.71. The van der Waals surface area contributed by atoms with Crippen LogP contribution in [0.2, 0.25) is 0 Å². The minimum atomic E-state index is -0.648. The van der Waals surface area contributed by atoms with E-state index in [0.29, 0.717) is 0 Å². The molecule has 1 N–H and O–H groups in total. The van der Waals surface area contributed by atoms with Gasteiger partial charge in [0, 0.05) is 11.7 Å². The summed E-state index contributed by atoms with van der Waals surface area (Å²) >= 11 is 0. The number of likely N-dealkylation sites (N-methyl/N-ethyl adjacent to an activating group) is 1. The molecule has 1 heterocycles. The van der Waals surface area contributed by atoms with Crippen LogP contribution in [0.1, 0.15) is 12.5 Å². The highest BCUT2D eigenvalue weighted by molar-refractivity contribution is 5.85. The van der Waals surface area contributed by atoms with Gasteiger partial charge in [0.15, 0.2) is 0 Å². The molecule has 2 unspecified atom stereocenters. The summed E-state index contributed by atoms with van der Waals surface area (Å²) in [7, 11) is 4.02. The summed E-state index contributed by atoms with van der Waals surface area (Å²) in [6.45, 7) is 1.85. The number of aromatic nitrogens is 1. The molecular formula is C19H23ClN2O. The second-order valence-corrected chi connectivity index (χ2v) is 5.91. The molecule has 0 spiro atoms. The van der Waals surface area contributed by atoms with Gasteiger partial charge in [-0.25, -0.2) is 0 Å². The summed E-state index contributed by atoms with van der Waals surface area (Å²) in [6.07, 6.45) is 1.48. The van der Waals surface area contributed by atoms with Gasteiger partial charge in [-0.05, 0) is 44.1 Å². The molecule has 4 heteroatoms. The van der Waals surface area contributed by atoms with Crippen molar-refractivity contribution in [2.24, 2.45) is 0 Å². The first-order chi connectivity index (χ1) is 10.6. The lowest BCUT2D eigenvalue weighted by Gasteiger charge is -2.44. The standard InChI is InChI=1S/C19H22N2O.ClH/c1-15(22)19(20(2)3,17-10-5-4-6-11-17)21-14-13-16-9-7-8-12-18(16)21;/h4-15,22H,1-3H3;1H. The molecule has 0 amide bonds. The Morgan fingerprint density at radius 3 is 2.17 bits per heavy atom. The molecule has 2 atom stereocenters. The lowest BCUT2D eigenvalue weighted by atomic mass is 9.92. The fraction of sp³-hybridized carbons (Fsp3) is 0.263. The van der Waals surface area contributed by atoms with Crippen molar-refractivity contribution in [3.63, 3.8) is 0 Å². The maximum Gasteiger partial charge on any atom is 0.149 e. The van der Waals surface area contributed by atoms with Gasteiger partial charge in [0.1, 0.15) is 5.66 Å². The Morgan fingerprint density at radius 2 is 1.57 bits per heavy atom. The van der Waals surface area contributed by atoms with Crippen molar-refractivity contribution >= 4 is 23.3 Å². The van der Waals surface area contributed by atoms with Crippen LogP contribution in [-0.2, 0) is 5.66 Å². The van der Waals surface area contributed by atoms with Crippen LogP contribution < -0.4 is 0 Å². The second-order valence-electron chi connectivity index (χ2n) is 5.91. The number of fused-ring (bicyclic) bond motifs is 1. The largest absolute Gasteiger partial charge is 0.389 e. The van der Waals surface area contributed by atoms with E-state index >= 15 is 0 Å². The summed E-state index contributed by atoms with van der Waals surface area (Å²) in [4.78, 5) is 2.08. The minimum Gasteiger partial charge on any atom is -0.389 e. The Kier molecular flexibility index (Phi) is 5.15. The number of hydrogen-bond donors (Lipinski definition) is 1. The van der Waals surface area contributed by atoms with E-state index in [-0.39, 0.29) is 12.4 Å². The first kappa shape index (κ1) is 17.5. The summed E-state index contributed by atoms with van der Waals surface area (Å²) in [5.74, 6) is 0. The van der Waals surface area contributed by atoms with E-state index < -0.39 is 11.8 Å². The van der Waals surface area contributed by atoms with E-state index in [1.807, 2.05) is 51.4 Å². The van der Waals surface area contributed by atoms with E-state index in [9.17, 15) is 5.11 Å². The Morgan fingerprint density at radius 1 is 0.957 bits per heavy atom. The summed E-state index contributed by atoms with van der Waals surface area (Å²) in [5, 5.41) is 11.9. The van der Waals surface area contributed by atoms with Gasteiger partial charge < -0.3 is 9.67 Å². The monoisotopic (exact) mass is 330 g/mol. The van der Waals surface area contributed by atoms with Gasteiger partial charge in [0.2, 0.25) is 0 Å². The van der Waals surface area contributed by atoms with Gasteiger partial charge in [-0.3, -0.25) is 4.90 Å². The van der Waals surface area contributed by atoms with Gasteiger partial charge >= 0.3 is 0 Å². The first-order valence-corrected chi connectivity index (χ1v) is 7.56. The van der Waals surface area contributed by atoms with Crippen LogP contribution in [0.25, 0.3) is 10.9 Å². The van der Waals surface area contributed by atoms with Crippen LogP contribution in [0.4, 0.5) is 0 Å². The van der Waals surface area contributed by atoms with Crippen LogP contribution in [0.15, 0.2) is 66.9 Å². The molecule has 3 aromatic rings. The van der Waals surface area contributed by atoms with E-state index in [1.165, 1.54) is 5.39 Å². The van der Waals surface area contributed by atoms with Crippen molar-refractivity contribution in [1.29, 1.82) is 0 Å². The number of para-hydroxylation sites is 1. The zero-order valence-electron chi connectivity index (χ0n) is 13.7. The molecule has 1 aromatic heterocycles. The molecule has 0 saturated heterocycles. The van der Waals surface area contributed by atoms with Crippen molar-refractivity contribution in [1.82, 2.24) is 9.47 Å². The maximum absolute atomic E-state index is 10.8. The Bertz CT molecular complexity index is 757. The molecule has 122 valence electrons. The molecule has 0 bridgehead atoms. The lowest BCUT2D eigenvalue weighted by molar-refractivity contribution is -0.0190. The normalized spacial score (nSPS) is 15.2. The highest BCUT2D eigenvalue weighted by Crippen LogP contribution is 2.35. The summed E-state index contributed by atoms with van der Waals surface area (Å²) in [6, 6.07) is 20.5. The van der Waals surface area contributed by atoms with Crippen LogP contribution in [0, 0.1) is 0 Å². The quantitative estimate of drug-likeness (QED) is 0.790. The molecular weight excluding hydrogens is 308 g/mol. The molecule has 0 aliphatic heterocycles. The van der Waals surface area contributed by atoms with Crippen molar-refractivity contribution in [3.8, 4) is 0 Å². The highest BCUT2D eigenvalue weighted by atomic mass is 35.5. The van der Waals surface area contributed by atoms with Gasteiger partial charge in [0.05, 0.1) is 6.10 Å². The van der Waals surface area contributed by atoms with Crippen LogP contribution in [-0.4, -0.2) is 34.8 Å². The average Bonchev–Trinajstić information content (AvgIpc) is 2.93. The zero-order valence-corrected chi connectivity index (χ0v) is 14.5. The van der Waals surface area contributed by atoms with Crippen molar-refractivity contribution in [2.45, 2.75) is 18.7 Å². The highest BCUT2D eigenvalue weighted by Gasteiger charge is 2.42. The summed E-state index contributed by atoms with van der Waals surface area (Å²) in [5.41, 5.74) is 1.53. The Balaban J connectivity index is 0.00000192. The number of aliphatic hydroxyl groups is 1. The molecule has 3 nitrogen and oxygen atoms in total. The topological polar surface area (TPSA) is 28.4 Å². The van der Waals surface area contributed by atoms with E-state index in [0.717, 1.165) is 11.1 Å². The maximum atomic E-state index is 10.8. The molecule has 23 heavy (non-hydrogen) atoms. The van der Waals surface area contributed by atoms with Crippen LogP contribution in [0.5, 0.6) is 0 Å². The number of halogens is 1. The fourth-order valence-electron chi connectivity index (χ4n) is 3.49. The SMILES string of the molecule is CC(O)C(c1ccccc1)(N(C)C)n1ccc2ccccc21.Cl. The third kappa shape index (κ3) is 2.65. The van der Waals surface area contributed by atoms with Crippen molar-refractivity contribution < 1.29 is 5.11 Å². The molecule has 3 rings (SSSR count). The third-order valence-electron chi connectivity index (χ3n) is 4.43. The van der Waals surface area contributed by atoms with E-state index in [4.69, 9.17) is 0 Å². The summed E-state index contributed by atoms with van der Waals surface area (Å²) < 4.78 is 2.17. The molecule has 0 fully saturated rings. The smallest absolute Gasteiger partial charge is 0.149 e. The fourth-order valence-corrected chi connectivity index (χ4v) is 3.49. The number of aliphatic hydroxyl groups excluding tert-OH is 1. The lowest BCUT2D eigenvalue weighted by Crippen LogP contribution is -2.54. The van der Waals surface area contributed by atoms with Crippen LogP contribution in [0.3, 0.4) is 0 Å².